The van der Waals surface area contributed by atoms with Crippen molar-refractivity contribution in [1.29, 1.82) is 0 Å². The molecule has 0 spiro atoms. The third kappa shape index (κ3) is 0.693. The molecule has 2 saturated carbocycles. The molecule has 0 aromatic rings. The fourth-order valence-corrected chi connectivity index (χ4v) is 12.0. The molecule has 0 aromatic heterocycles. The third-order valence-electron chi connectivity index (χ3n) is 6.51. The zero-order valence-corrected chi connectivity index (χ0v) is 13.9. The molecule has 4 aliphatic rings. The Hall–Kier alpha value is -0.0100. The molecule has 100 valence electrons. The van der Waals surface area contributed by atoms with E-state index in [9.17, 15) is 8.42 Å². The summed E-state index contributed by atoms with van der Waals surface area (Å²) in [6.45, 7) is 9.84. The summed E-state index contributed by atoms with van der Waals surface area (Å²) in [5.41, 5.74) is -0.239. The highest BCUT2D eigenvalue weighted by atomic mass is 79.9. The molecule has 2 heterocycles. The molecular weight excluding hydrogens is 312 g/mol. The highest BCUT2D eigenvalue weighted by Crippen LogP contribution is 2.94. The van der Waals surface area contributed by atoms with Gasteiger partial charge in [0.2, 0.25) is 0 Å². The van der Waals surface area contributed by atoms with Crippen molar-refractivity contribution in [2.24, 2.45) is 17.3 Å². The van der Waals surface area contributed by atoms with Crippen LogP contribution in [0.25, 0.3) is 0 Å². The van der Waals surface area contributed by atoms with E-state index < -0.39 is 19.3 Å². The first kappa shape index (κ1) is 13.0. The molecule has 0 N–H and O–H groups in total. The lowest BCUT2D eigenvalue weighted by Crippen LogP contribution is -2.39. The summed E-state index contributed by atoms with van der Waals surface area (Å²) in [7, 11) is -3.15. The van der Waals surface area contributed by atoms with Gasteiger partial charge in [-0.1, -0.05) is 42.1 Å². The molecule has 4 rings (SSSR count). The summed E-state index contributed by atoms with van der Waals surface area (Å²) in [5, 5.41) is 0. The van der Waals surface area contributed by atoms with Crippen LogP contribution in [-0.4, -0.2) is 22.2 Å². The van der Waals surface area contributed by atoms with E-state index in [0.717, 1.165) is 6.42 Å². The maximum Gasteiger partial charge on any atom is 0.164 e. The van der Waals surface area contributed by atoms with Crippen LogP contribution in [-0.2, 0) is 9.84 Å². The minimum Gasteiger partial charge on any atom is -0.228 e. The Bertz CT molecular complexity index is 615. The zero-order chi connectivity index (χ0) is 13.8. The lowest BCUT2D eigenvalue weighted by Gasteiger charge is -2.28. The predicted octanol–water partition coefficient (Wildman–Crippen LogP) is 2.77. The predicted molar refractivity (Wildman–Crippen MR) is 76.2 cm³/mol. The van der Waals surface area contributed by atoms with Gasteiger partial charge in [0.05, 0.1) is 13.8 Å². The fraction of sp³-hybridized carbons (Fsp3) is 0.857. The van der Waals surface area contributed by atoms with E-state index in [2.05, 4.69) is 41.6 Å². The molecule has 4 heteroatoms. The lowest BCUT2D eigenvalue weighted by atomic mass is 9.79. The van der Waals surface area contributed by atoms with Crippen molar-refractivity contribution in [2.75, 3.05) is 0 Å². The summed E-state index contributed by atoms with van der Waals surface area (Å²) >= 11 is 3.84. The van der Waals surface area contributed by atoms with Gasteiger partial charge >= 0.3 is 0 Å². The Balaban J connectivity index is 2.40. The first-order valence-corrected chi connectivity index (χ1v) is 8.77. The highest BCUT2D eigenvalue weighted by Gasteiger charge is 3.05. The van der Waals surface area contributed by atoms with Crippen LogP contribution in [0.5, 0.6) is 0 Å². The van der Waals surface area contributed by atoms with Gasteiger partial charge in [-0.3, -0.25) is 0 Å². The van der Waals surface area contributed by atoms with Crippen molar-refractivity contribution in [3.05, 3.63) is 0 Å². The third-order valence-corrected chi connectivity index (χ3v) is 12.4. The highest BCUT2D eigenvalue weighted by molar-refractivity contribution is 9.10. The second-order valence-corrected chi connectivity index (χ2v) is 10.4. The SMILES string of the molecule is CC#C[C@@H]1[C@]2(C)[C@@]3(Br)[C@@H](CC)[C@]1(C)S(=O)(=O)[C@]23C. The van der Waals surface area contributed by atoms with Crippen LogP contribution in [0.15, 0.2) is 0 Å². The van der Waals surface area contributed by atoms with Crippen molar-refractivity contribution in [2.45, 2.75) is 54.9 Å². The van der Waals surface area contributed by atoms with E-state index in [4.69, 9.17) is 0 Å². The second-order valence-electron chi connectivity index (χ2n) is 6.42. The van der Waals surface area contributed by atoms with Crippen LogP contribution in [0, 0.1) is 29.1 Å². The maximum absolute atomic E-state index is 13.0. The largest absolute Gasteiger partial charge is 0.228 e. The quantitative estimate of drug-likeness (QED) is 0.547. The summed E-state index contributed by atoms with van der Waals surface area (Å²) in [6.07, 6.45) is 0.883. The molecule has 0 amide bonds. The molecule has 18 heavy (non-hydrogen) atoms. The van der Waals surface area contributed by atoms with Crippen LogP contribution in [0.1, 0.15) is 41.0 Å². The van der Waals surface area contributed by atoms with Crippen molar-refractivity contribution >= 4 is 25.8 Å². The van der Waals surface area contributed by atoms with Gasteiger partial charge in [0.1, 0.15) is 0 Å². The van der Waals surface area contributed by atoms with E-state index in [1.54, 1.807) is 6.92 Å². The second kappa shape index (κ2) is 2.86. The van der Waals surface area contributed by atoms with Crippen LogP contribution in [0.2, 0.25) is 0 Å². The average Bonchev–Trinajstić information content (AvgIpc) is 2.51. The van der Waals surface area contributed by atoms with Gasteiger partial charge < -0.3 is 0 Å². The van der Waals surface area contributed by atoms with E-state index in [1.165, 1.54) is 0 Å². The van der Waals surface area contributed by atoms with Gasteiger partial charge in [-0.25, -0.2) is 8.42 Å². The molecule has 0 radical (unpaired) electrons. The molecule has 4 fully saturated rings. The summed E-state index contributed by atoms with van der Waals surface area (Å²) in [6, 6.07) is 0. The molecule has 6 atom stereocenters. The Morgan fingerprint density at radius 3 is 2.17 bits per heavy atom. The number of alkyl halides is 1. The molecule has 0 unspecified atom stereocenters. The topological polar surface area (TPSA) is 34.1 Å². The number of rotatable bonds is 1. The summed E-state index contributed by atoms with van der Waals surface area (Å²) < 4.78 is 24.4. The Kier molecular flexibility index (Phi) is 2.06. The van der Waals surface area contributed by atoms with Gasteiger partial charge in [0.15, 0.2) is 9.84 Å². The Morgan fingerprint density at radius 1 is 1.28 bits per heavy atom. The lowest BCUT2D eigenvalue weighted by molar-refractivity contribution is 0.353. The van der Waals surface area contributed by atoms with E-state index in [0.29, 0.717) is 0 Å². The molecule has 2 nitrogen and oxygen atoms in total. The van der Waals surface area contributed by atoms with Crippen LogP contribution in [0.3, 0.4) is 0 Å². The van der Waals surface area contributed by atoms with Crippen LogP contribution < -0.4 is 0 Å². The van der Waals surface area contributed by atoms with Crippen LogP contribution >= 0.6 is 15.9 Å². The Labute approximate surface area is 118 Å². The maximum atomic E-state index is 13.0. The van der Waals surface area contributed by atoms with Gasteiger partial charge in [-0.05, 0) is 26.7 Å². The molecule has 4 bridgehead atoms. The summed E-state index contributed by atoms with van der Waals surface area (Å²) in [4.78, 5) is 0. The molecule has 2 saturated heterocycles. The minimum atomic E-state index is -3.15. The number of halogens is 1. The Morgan fingerprint density at radius 2 is 1.83 bits per heavy atom. The van der Waals surface area contributed by atoms with Crippen molar-refractivity contribution < 1.29 is 8.42 Å². The summed E-state index contributed by atoms with van der Waals surface area (Å²) in [5.74, 6) is 6.29. The van der Waals surface area contributed by atoms with Gasteiger partial charge in [0, 0.05) is 11.3 Å². The van der Waals surface area contributed by atoms with E-state index in [1.807, 2.05) is 13.8 Å². The zero-order valence-electron chi connectivity index (χ0n) is 11.5. The van der Waals surface area contributed by atoms with Gasteiger partial charge in [-0.15, -0.1) is 5.92 Å². The molecule has 2 aliphatic carbocycles. The number of sulfone groups is 1. The van der Waals surface area contributed by atoms with Crippen molar-refractivity contribution in [1.82, 2.24) is 0 Å². The molecule has 0 aromatic carbocycles. The molecule has 2 aliphatic heterocycles. The number of hydrogen-bond donors (Lipinski definition) is 0. The monoisotopic (exact) mass is 330 g/mol. The molecular formula is C14H19BrO2S. The standard InChI is InChI=1S/C14H19BrO2S/c1-6-8-10-11(3)9(7-2)14(15)12(10,4)13(14,5)18(11,16)17/h9-10H,7H2,1-5H3/t9-,10-,11-,12-,13+,14-/m0/s1. The number of hydrogen-bond acceptors (Lipinski definition) is 2. The first-order chi connectivity index (χ1) is 8.14. The average molecular weight is 331 g/mol. The fourth-order valence-electron chi connectivity index (χ4n) is 5.61. The van der Waals surface area contributed by atoms with Crippen LogP contribution in [0.4, 0.5) is 0 Å². The minimum absolute atomic E-state index is 0.0469. The normalized spacial score (nSPS) is 62.3. The van der Waals surface area contributed by atoms with E-state index in [-0.39, 0.29) is 21.6 Å². The van der Waals surface area contributed by atoms with E-state index >= 15 is 0 Å². The van der Waals surface area contributed by atoms with Crippen molar-refractivity contribution in [3.63, 3.8) is 0 Å². The first-order valence-electron chi connectivity index (χ1n) is 6.49. The van der Waals surface area contributed by atoms with Crippen molar-refractivity contribution in [3.8, 4) is 11.8 Å². The smallest absolute Gasteiger partial charge is 0.164 e. The van der Waals surface area contributed by atoms with Gasteiger partial charge in [-0.2, -0.15) is 0 Å². The van der Waals surface area contributed by atoms with Gasteiger partial charge in [0.25, 0.3) is 0 Å².